The van der Waals surface area contributed by atoms with E-state index in [0.717, 1.165) is 38.8 Å². The maximum absolute atomic E-state index is 5.26. The van der Waals surface area contributed by atoms with Gasteiger partial charge in [0, 0.05) is 32.3 Å². The molecule has 0 aromatic rings. The van der Waals surface area contributed by atoms with Gasteiger partial charge in [-0.05, 0) is 33.2 Å². The van der Waals surface area contributed by atoms with E-state index in [-0.39, 0.29) is 0 Å². The van der Waals surface area contributed by atoms with Gasteiger partial charge in [-0.2, -0.15) is 0 Å². The van der Waals surface area contributed by atoms with Gasteiger partial charge in [-0.1, -0.05) is 13.8 Å². The van der Waals surface area contributed by atoms with E-state index in [4.69, 9.17) is 4.74 Å². The van der Waals surface area contributed by atoms with Crippen LogP contribution in [0.2, 0.25) is 0 Å². The van der Waals surface area contributed by atoms with Crippen molar-refractivity contribution in [2.24, 2.45) is 5.92 Å². The monoisotopic (exact) mass is 230 g/mol. The number of ether oxygens (including phenoxy) is 1. The van der Waals surface area contributed by atoms with Gasteiger partial charge in [0.2, 0.25) is 0 Å². The molecule has 3 heteroatoms. The van der Waals surface area contributed by atoms with Gasteiger partial charge in [-0.3, -0.25) is 0 Å². The highest BCUT2D eigenvalue weighted by Crippen LogP contribution is 2.08. The van der Waals surface area contributed by atoms with Crippen molar-refractivity contribution in [3.05, 3.63) is 0 Å². The van der Waals surface area contributed by atoms with E-state index in [1.54, 1.807) is 0 Å². The molecular formula is C13H30N2O. The molecule has 0 aromatic heterocycles. The third kappa shape index (κ3) is 9.13. The van der Waals surface area contributed by atoms with Gasteiger partial charge in [0.25, 0.3) is 0 Å². The van der Waals surface area contributed by atoms with Crippen LogP contribution in [0.25, 0.3) is 0 Å². The Morgan fingerprint density at radius 1 is 1.19 bits per heavy atom. The Bertz CT molecular complexity index is 151. The predicted octanol–water partition coefficient (Wildman–Crippen LogP) is 1.98. The third-order valence-electron chi connectivity index (χ3n) is 2.83. The smallest absolute Gasteiger partial charge is 0.0590 e. The summed E-state index contributed by atoms with van der Waals surface area (Å²) in [6, 6.07) is 0.675. The highest BCUT2D eigenvalue weighted by molar-refractivity contribution is 4.66. The first-order valence-electron chi connectivity index (χ1n) is 6.56. The van der Waals surface area contributed by atoms with E-state index >= 15 is 0 Å². The normalized spacial score (nSPS) is 13.7. The van der Waals surface area contributed by atoms with E-state index in [1.165, 1.54) is 6.42 Å². The second kappa shape index (κ2) is 10.1. The molecule has 1 unspecified atom stereocenters. The molecule has 0 heterocycles. The Morgan fingerprint density at radius 2 is 1.88 bits per heavy atom. The van der Waals surface area contributed by atoms with E-state index < -0.39 is 0 Å². The van der Waals surface area contributed by atoms with Gasteiger partial charge < -0.3 is 15.0 Å². The fourth-order valence-electron chi connectivity index (χ4n) is 1.75. The Hall–Kier alpha value is -0.120. The molecule has 0 fully saturated rings. The fraction of sp³-hybridized carbons (Fsp3) is 1.00. The van der Waals surface area contributed by atoms with Crippen molar-refractivity contribution in [3.8, 4) is 0 Å². The second-order valence-electron chi connectivity index (χ2n) is 4.91. The van der Waals surface area contributed by atoms with Crippen molar-refractivity contribution in [2.75, 3.05) is 39.9 Å². The van der Waals surface area contributed by atoms with Crippen LogP contribution in [0, 0.1) is 5.92 Å². The molecule has 0 rings (SSSR count). The van der Waals surface area contributed by atoms with Crippen molar-refractivity contribution in [2.45, 2.75) is 40.2 Å². The summed E-state index contributed by atoms with van der Waals surface area (Å²) >= 11 is 0. The predicted molar refractivity (Wildman–Crippen MR) is 70.9 cm³/mol. The standard InChI is InChI=1S/C13H30N2O/c1-6-16-10-8-14-7-9-15(5)13(4)11-12(2)3/h12-14H,6-11H2,1-5H3. The molecule has 0 saturated heterocycles. The number of rotatable bonds is 10. The second-order valence-corrected chi connectivity index (χ2v) is 4.91. The summed E-state index contributed by atoms with van der Waals surface area (Å²) in [7, 11) is 2.21. The highest BCUT2D eigenvalue weighted by atomic mass is 16.5. The van der Waals surface area contributed by atoms with Crippen molar-refractivity contribution in [3.63, 3.8) is 0 Å². The Morgan fingerprint density at radius 3 is 2.44 bits per heavy atom. The third-order valence-corrected chi connectivity index (χ3v) is 2.83. The van der Waals surface area contributed by atoms with Crippen molar-refractivity contribution in [1.29, 1.82) is 0 Å². The van der Waals surface area contributed by atoms with Crippen LogP contribution in [0.5, 0.6) is 0 Å². The van der Waals surface area contributed by atoms with Gasteiger partial charge in [0.1, 0.15) is 0 Å². The average Bonchev–Trinajstić information content (AvgIpc) is 2.21. The Labute approximate surface area is 102 Å². The van der Waals surface area contributed by atoms with E-state index in [2.05, 4.69) is 38.0 Å². The molecule has 1 atom stereocenters. The van der Waals surface area contributed by atoms with Crippen molar-refractivity contribution >= 4 is 0 Å². The minimum absolute atomic E-state index is 0.675. The van der Waals surface area contributed by atoms with Crippen molar-refractivity contribution in [1.82, 2.24) is 10.2 Å². The molecule has 0 amide bonds. The average molecular weight is 230 g/mol. The molecule has 0 bridgehead atoms. The lowest BCUT2D eigenvalue weighted by Crippen LogP contribution is -2.36. The van der Waals surface area contributed by atoms with Crippen LogP contribution >= 0.6 is 0 Å². The van der Waals surface area contributed by atoms with Gasteiger partial charge in [0.15, 0.2) is 0 Å². The maximum atomic E-state index is 5.26. The lowest BCUT2D eigenvalue weighted by molar-refractivity contribution is 0.147. The first kappa shape index (κ1) is 15.9. The van der Waals surface area contributed by atoms with Gasteiger partial charge in [-0.15, -0.1) is 0 Å². The van der Waals surface area contributed by atoms with Crippen LogP contribution in [0.15, 0.2) is 0 Å². The first-order valence-corrected chi connectivity index (χ1v) is 6.56. The zero-order valence-electron chi connectivity index (χ0n) is 11.8. The van der Waals surface area contributed by atoms with Crippen LogP contribution in [-0.2, 0) is 4.74 Å². The van der Waals surface area contributed by atoms with Crippen LogP contribution in [0.4, 0.5) is 0 Å². The zero-order valence-corrected chi connectivity index (χ0v) is 11.8. The van der Waals surface area contributed by atoms with E-state index in [1.807, 2.05) is 6.92 Å². The number of hydrogen-bond acceptors (Lipinski definition) is 3. The Balaban J connectivity index is 3.38. The van der Waals surface area contributed by atoms with Crippen LogP contribution in [-0.4, -0.2) is 50.8 Å². The molecule has 98 valence electrons. The van der Waals surface area contributed by atoms with E-state index in [9.17, 15) is 0 Å². The summed E-state index contributed by atoms with van der Waals surface area (Å²) in [5.41, 5.74) is 0. The zero-order chi connectivity index (χ0) is 12.4. The summed E-state index contributed by atoms with van der Waals surface area (Å²) in [5.74, 6) is 0.781. The summed E-state index contributed by atoms with van der Waals surface area (Å²) in [6.45, 7) is 13.7. The summed E-state index contributed by atoms with van der Waals surface area (Å²) in [4.78, 5) is 2.42. The van der Waals surface area contributed by atoms with E-state index in [0.29, 0.717) is 6.04 Å². The van der Waals surface area contributed by atoms with Crippen molar-refractivity contribution < 1.29 is 4.74 Å². The van der Waals surface area contributed by atoms with Crippen LogP contribution < -0.4 is 5.32 Å². The SMILES string of the molecule is CCOCCNCCN(C)C(C)CC(C)C. The summed E-state index contributed by atoms with van der Waals surface area (Å²) < 4.78 is 5.26. The van der Waals surface area contributed by atoms with Gasteiger partial charge in [-0.25, -0.2) is 0 Å². The number of likely N-dealkylation sites (N-methyl/N-ethyl adjacent to an activating group) is 1. The first-order chi connectivity index (χ1) is 7.57. The fourth-order valence-corrected chi connectivity index (χ4v) is 1.75. The quantitative estimate of drug-likeness (QED) is 0.581. The molecule has 1 N–H and O–H groups in total. The summed E-state index contributed by atoms with van der Waals surface area (Å²) in [5, 5.41) is 3.39. The minimum Gasteiger partial charge on any atom is -0.380 e. The maximum Gasteiger partial charge on any atom is 0.0590 e. The number of hydrogen-bond donors (Lipinski definition) is 1. The summed E-state index contributed by atoms with van der Waals surface area (Å²) in [6.07, 6.45) is 1.27. The lowest BCUT2D eigenvalue weighted by atomic mass is 10.0. The molecule has 0 aromatic carbocycles. The highest BCUT2D eigenvalue weighted by Gasteiger charge is 2.09. The molecule has 0 aliphatic carbocycles. The molecular weight excluding hydrogens is 200 g/mol. The molecule has 0 spiro atoms. The molecule has 0 radical (unpaired) electrons. The minimum atomic E-state index is 0.675. The molecule has 0 saturated carbocycles. The van der Waals surface area contributed by atoms with Gasteiger partial charge in [0.05, 0.1) is 6.61 Å². The number of nitrogens with one attached hydrogen (secondary N) is 1. The van der Waals surface area contributed by atoms with Crippen LogP contribution in [0.3, 0.4) is 0 Å². The lowest BCUT2D eigenvalue weighted by Gasteiger charge is -2.26. The number of nitrogens with zero attached hydrogens (tertiary/aromatic N) is 1. The topological polar surface area (TPSA) is 24.5 Å². The molecule has 0 aliphatic heterocycles. The molecule has 3 nitrogen and oxygen atoms in total. The largest absolute Gasteiger partial charge is 0.380 e. The molecule has 0 aliphatic rings. The Kier molecular flexibility index (Phi) is 9.99. The van der Waals surface area contributed by atoms with Gasteiger partial charge >= 0.3 is 0 Å². The van der Waals surface area contributed by atoms with Crippen LogP contribution in [0.1, 0.15) is 34.1 Å². The molecule has 16 heavy (non-hydrogen) atoms.